The van der Waals surface area contributed by atoms with E-state index >= 15 is 0 Å². The number of benzene rings is 1. The van der Waals surface area contributed by atoms with E-state index in [2.05, 4.69) is 40.6 Å². The van der Waals surface area contributed by atoms with Crippen LogP contribution in [0.25, 0.3) is 5.65 Å². The predicted octanol–water partition coefficient (Wildman–Crippen LogP) is 3.55. The zero-order valence-electron chi connectivity index (χ0n) is 15.0. The van der Waals surface area contributed by atoms with Crippen molar-refractivity contribution in [3.05, 3.63) is 65.1 Å². The van der Waals surface area contributed by atoms with E-state index in [4.69, 9.17) is 0 Å². The van der Waals surface area contributed by atoms with Crippen molar-refractivity contribution in [3.63, 3.8) is 0 Å². The number of carbonyl (C=O) groups excluding carboxylic acids is 1. The summed E-state index contributed by atoms with van der Waals surface area (Å²) >= 11 is 0. The molecule has 1 aromatic carbocycles. The van der Waals surface area contributed by atoms with Crippen LogP contribution in [0.2, 0.25) is 0 Å². The number of carbonyl (C=O) groups is 1. The Morgan fingerprint density at radius 2 is 2.04 bits per heavy atom. The zero-order chi connectivity index (χ0) is 17.8. The SMILES string of the molecule is CCCC(NC(=O)Cc1cc(C)ccc1C)c1nnc2ccccn12. The molecular formula is C20H24N4O. The van der Waals surface area contributed by atoms with Crippen LogP contribution >= 0.6 is 0 Å². The molecule has 5 nitrogen and oxygen atoms in total. The highest BCUT2D eigenvalue weighted by Crippen LogP contribution is 2.18. The molecule has 0 aliphatic heterocycles. The van der Waals surface area contributed by atoms with Gasteiger partial charge in [-0.25, -0.2) is 0 Å². The molecule has 0 radical (unpaired) electrons. The predicted molar refractivity (Wildman–Crippen MR) is 98.4 cm³/mol. The summed E-state index contributed by atoms with van der Waals surface area (Å²) in [6.07, 6.45) is 4.10. The fourth-order valence-corrected chi connectivity index (χ4v) is 3.06. The van der Waals surface area contributed by atoms with Crippen molar-refractivity contribution >= 4 is 11.6 Å². The highest BCUT2D eigenvalue weighted by molar-refractivity contribution is 5.79. The highest BCUT2D eigenvalue weighted by atomic mass is 16.1. The first-order valence-corrected chi connectivity index (χ1v) is 8.73. The monoisotopic (exact) mass is 336 g/mol. The van der Waals surface area contributed by atoms with Gasteiger partial charge in [-0.2, -0.15) is 0 Å². The van der Waals surface area contributed by atoms with Gasteiger partial charge in [0.05, 0.1) is 12.5 Å². The third-order valence-electron chi connectivity index (χ3n) is 4.42. The maximum Gasteiger partial charge on any atom is 0.225 e. The van der Waals surface area contributed by atoms with Gasteiger partial charge in [0, 0.05) is 6.20 Å². The Morgan fingerprint density at radius 1 is 1.20 bits per heavy atom. The fourth-order valence-electron chi connectivity index (χ4n) is 3.06. The van der Waals surface area contributed by atoms with Gasteiger partial charge in [-0.3, -0.25) is 9.20 Å². The Labute approximate surface area is 148 Å². The number of aryl methyl sites for hydroxylation is 2. The van der Waals surface area contributed by atoms with Crippen LogP contribution in [0.4, 0.5) is 0 Å². The number of pyridine rings is 1. The molecule has 0 saturated carbocycles. The molecule has 0 saturated heterocycles. The van der Waals surface area contributed by atoms with Crippen molar-refractivity contribution in [1.29, 1.82) is 0 Å². The number of fused-ring (bicyclic) bond motifs is 1. The minimum atomic E-state index is -0.139. The lowest BCUT2D eigenvalue weighted by Gasteiger charge is -2.17. The Bertz CT molecular complexity index is 884. The van der Waals surface area contributed by atoms with Crippen LogP contribution in [-0.4, -0.2) is 20.5 Å². The molecule has 2 aromatic heterocycles. The average Bonchev–Trinajstić information content (AvgIpc) is 3.02. The lowest BCUT2D eigenvalue weighted by atomic mass is 10.0. The third kappa shape index (κ3) is 3.87. The van der Waals surface area contributed by atoms with Crippen LogP contribution in [-0.2, 0) is 11.2 Å². The van der Waals surface area contributed by atoms with Crippen LogP contribution in [0.5, 0.6) is 0 Å². The molecule has 1 unspecified atom stereocenters. The number of aromatic nitrogens is 3. The minimum Gasteiger partial charge on any atom is -0.346 e. The van der Waals surface area contributed by atoms with Crippen molar-refractivity contribution in [2.24, 2.45) is 0 Å². The summed E-state index contributed by atoms with van der Waals surface area (Å²) in [4.78, 5) is 12.6. The van der Waals surface area contributed by atoms with Gasteiger partial charge < -0.3 is 5.32 Å². The van der Waals surface area contributed by atoms with Gasteiger partial charge in [0.15, 0.2) is 11.5 Å². The fraction of sp³-hybridized carbons (Fsp3) is 0.350. The molecule has 3 rings (SSSR count). The molecule has 130 valence electrons. The van der Waals surface area contributed by atoms with Gasteiger partial charge in [0.25, 0.3) is 0 Å². The third-order valence-corrected chi connectivity index (χ3v) is 4.42. The van der Waals surface area contributed by atoms with E-state index in [1.807, 2.05) is 42.6 Å². The lowest BCUT2D eigenvalue weighted by Crippen LogP contribution is -2.31. The number of rotatable bonds is 6. The molecule has 3 aromatic rings. The number of hydrogen-bond acceptors (Lipinski definition) is 3. The van der Waals surface area contributed by atoms with Crippen LogP contribution < -0.4 is 5.32 Å². The quantitative estimate of drug-likeness (QED) is 0.749. The molecule has 25 heavy (non-hydrogen) atoms. The molecule has 1 amide bonds. The second-order valence-corrected chi connectivity index (χ2v) is 6.50. The van der Waals surface area contributed by atoms with Gasteiger partial charge in [-0.1, -0.05) is 43.2 Å². The summed E-state index contributed by atoms with van der Waals surface area (Å²) in [5, 5.41) is 11.7. The van der Waals surface area contributed by atoms with E-state index in [0.717, 1.165) is 35.4 Å². The molecule has 1 N–H and O–H groups in total. The standard InChI is InChI=1S/C20H24N4O/c1-4-7-17(20-23-22-18-8-5-6-11-24(18)20)21-19(25)13-16-12-14(2)9-10-15(16)3/h5-6,8-12,17H,4,7,13H2,1-3H3,(H,21,25). The number of hydrogen-bond donors (Lipinski definition) is 1. The first-order valence-electron chi connectivity index (χ1n) is 8.73. The lowest BCUT2D eigenvalue weighted by molar-refractivity contribution is -0.121. The van der Waals surface area contributed by atoms with Gasteiger partial charge in [0.1, 0.15) is 0 Å². The molecule has 0 aliphatic carbocycles. The second kappa shape index (κ2) is 7.47. The first-order chi connectivity index (χ1) is 12.1. The smallest absolute Gasteiger partial charge is 0.225 e. The normalized spacial score (nSPS) is 12.3. The van der Waals surface area contributed by atoms with Gasteiger partial charge in [-0.15, -0.1) is 10.2 Å². The van der Waals surface area contributed by atoms with Gasteiger partial charge in [0.2, 0.25) is 5.91 Å². The topological polar surface area (TPSA) is 59.3 Å². The molecular weight excluding hydrogens is 312 g/mol. The molecule has 2 heterocycles. The maximum atomic E-state index is 12.6. The molecule has 1 atom stereocenters. The van der Waals surface area contributed by atoms with Crippen LogP contribution in [0, 0.1) is 13.8 Å². The van der Waals surface area contributed by atoms with Crippen molar-refractivity contribution in [1.82, 2.24) is 19.9 Å². The highest BCUT2D eigenvalue weighted by Gasteiger charge is 2.20. The number of nitrogens with zero attached hydrogens (tertiary/aromatic N) is 3. The first kappa shape index (κ1) is 17.1. The van der Waals surface area contributed by atoms with E-state index in [9.17, 15) is 4.79 Å². The summed E-state index contributed by atoms with van der Waals surface area (Å²) in [7, 11) is 0. The largest absolute Gasteiger partial charge is 0.346 e. The number of nitrogens with one attached hydrogen (secondary N) is 1. The van der Waals surface area contributed by atoms with E-state index < -0.39 is 0 Å². The van der Waals surface area contributed by atoms with Crippen LogP contribution in [0.1, 0.15) is 48.3 Å². The molecule has 5 heteroatoms. The molecule has 0 bridgehead atoms. The van der Waals surface area contributed by atoms with Gasteiger partial charge >= 0.3 is 0 Å². The second-order valence-electron chi connectivity index (χ2n) is 6.50. The van der Waals surface area contributed by atoms with E-state index in [1.165, 1.54) is 5.56 Å². The van der Waals surface area contributed by atoms with Crippen LogP contribution in [0.15, 0.2) is 42.6 Å². The average molecular weight is 336 g/mol. The summed E-state index contributed by atoms with van der Waals surface area (Å²) in [6, 6.07) is 11.9. The Kier molecular flexibility index (Phi) is 5.12. The van der Waals surface area contributed by atoms with Crippen molar-refractivity contribution < 1.29 is 4.79 Å². The molecule has 0 aliphatic rings. The van der Waals surface area contributed by atoms with Gasteiger partial charge in [-0.05, 0) is 43.5 Å². The molecule has 0 fully saturated rings. The zero-order valence-corrected chi connectivity index (χ0v) is 15.0. The van der Waals surface area contributed by atoms with Crippen molar-refractivity contribution in [3.8, 4) is 0 Å². The Morgan fingerprint density at radius 3 is 2.84 bits per heavy atom. The summed E-state index contributed by atoms with van der Waals surface area (Å²) in [5.41, 5.74) is 4.17. The summed E-state index contributed by atoms with van der Waals surface area (Å²) in [5.74, 6) is 0.798. The Balaban J connectivity index is 1.79. The summed E-state index contributed by atoms with van der Waals surface area (Å²) in [6.45, 7) is 6.19. The van der Waals surface area contributed by atoms with E-state index in [1.54, 1.807) is 0 Å². The Hall–Kier alpha value is -2.69. The van der Waals surface area contributed by atoms with Crippen molar-refractivity contribution in [2.75, 3.05) is 0 Å². The van der Waals surface area contributed by atoms with Crippen LogP contribution in [0.3, 0.4) is 0 Å². The van der Waals surface area contributed by atoms with E-state index in [0.29, 0.717) is 6.42 Å². The maximum absolute atomic E-state index is 12.6. The van der Waals surface area contributed by atoms with E-state index in [-0.39, 0.29) is 11.9 Å². The minimum absolute atomic E-state index is 0.0137. The summed E-state index contributed by atoms with van der Waals surface area (Å²) < 4.78 is 1.94. The number of amides is 1. The molecule has 0 spiro atoms. The van der Waals surface area contributed by atoms with Crippen molar-refractivity contribution in [2.45, 2.75) is 46.1 Å².